The molecule has 0 spiro atoms. The number of anilines is 1. The summed E-state index contributed by atoms with van der Waals surface area (Å²) in [6, 6.07) is 23.4. The second kappa shape index (κ2) is 9.31. The highest BCUT2D eigenvalue weighted by Gasteiger charge is 2.20. The predicted octanol–water partition coefficient (Wildman–Crippen LogP) is 3.93. The predicted molar refractivity (Wildman–Crippen MR) is 131 cm³/mol. The first-order chi connectivity index (χ1) is 16.6. The van der Waals surface area contributed by atoms with Gasteiger partial charge in [0.25, 0.3) is 17.4 Å². The van der Waals surface area contributed by atoms with E-state index in [9.17, 15) is 14.4 Å². The molecule has 2 amide bonds. The number of amides is 2. The molecule has 1 aliphatic rings. The fraction of sp³-hybridized carbons (Fsp3) is 0.185. The van der Waals surface area contributed by atoms with E-state index in [1.165, 1.54) is 4.68 Å². The molecule has 1 N–H and O–H groups in total. The number of carbonyl (C=O) groups excluding carboxylic acids is 2. The summed E-state index contributed by atoms with van der Waals surface area (Å²) in [6.45, 7) is 1.83. The number of benzene rings is 3. The highest BCUT2D eigenvalue weighted by atomic mass is 16.2. The van der Waals surface area contributed by atoms with E-state index < -0.39 is 5.91 Å². The zero-order valence-electron chi connectivity index (χ0n) is 18.6. The van der Waals surface area contributed by atoms with Gasteiger partial charge in [0, 0.05) is 29.7 Å². The monoisotopic (exact) mass is 452 g/mol. The van der Waals surface area contributed by atoms with Crippen molar-refractivity contribution in [2.24, 2.45) is 0 Å². The zero-order chi connectivity index (χ0) is 23.5. The van der Waals surface area contributed by atoms with Crippen molar-refractivity contribution in [2.75, 3.05) is 18.4 Å². The third kappa shape index (κ3) is 4.32. The molecule has 0 unspecified atom stereocenters. The molecule has 7 nitrogen and oxygen atoms in total. The van der Waals surface area contributed by atoms with Gasteiger partial charge in [-0.05, 0) is 48.7 Å². The number of rotatable bonds is 5. The largest absolute Gasteiger partial charge is 0.339 e. The van der Waals surface area contributed by atoms with Crippen LogP contribution < -0.4 is 10.9 Å². The standard InChI is InChI=1S/C27H24N4O3/c32-25(28-21-14-12-20(13-15-21)26(33)30-16-6-7-17-30)24-22-10-4-5-11-23(22)27(34)31(29-24)18-19-8-2-1-3-9-19/h1-5,8-15H,6-7,16-18H2,(H,28,32). The molecule has 0 bridgehead atoms. The van der Waals surface area contributed by atoms with Crippen molar-refractivity contribution in [1.82, 2.24) is 14.7 Å². The van der Waals surface area contributed by atoms with Gasteiger partial charge in [-0.3, -0.25) is 14.4 Å². The molecule has 1 fully saturated rings. The summed E-state index contributed by atoms with van der Waals surface area (Å²) in [5.41, 5.74) is 1.98. The number of likely N-dealkylation sites (tertiary alicyclic amines) is 1. The van der Waals surface area contributed by atoms with Crippen molar-refractivity contribution in [2.45, 2.75) is 19.4 Å². The molecular formula is C27H24N4O3. The van der Waals surface area contributed by atoms with Crippen LogP contribution in [0.1, 0.15) is 39.3 Å². The molecule has 170 valence electrons. The Labute approximate surface area is 196 Å². The van der Waals surface area contributed by atoms with E-state index in [2.05, 4.69) is 10.4 Å². The number of fused-ring (bicyclic) bond motifs is 1. The van der Waals surface area contributed by atoms with E-state index >= 15 is 0 Å². The van der Waals surface area contributed by atoms with Crippen molar-refractivity contribution in [3.05, 3.63) is 106 Å². The Balaban J connectivity index is 1.43. The zero-order valence-corrected chi connectivity index (χ0v) is 18.6. The van der Waals surface area contributed by atoms with E-state index in [4.69, 9.17) is 0 Å². The Morgan fingerprint density at radius 2 is 1.47 bits per heavy atom. The average Bonchev–Trinajstić information content (AvgIpc) is 3.41. The Kier molecular flexibility index (Phi) is 5.91. The van der Waals surface area contributed by atoms with E-state index in [1.807, 2.05) is 35.2 Å². The molecule has 3 aromatic carbocycles. The van der Waals surface area contributed by atoms with Crippen LogP contribution >= 0.6 is 0 Å². The molecule has 1 aromatic heterocycles. The summed E-state index contributed by atoms with van der Waals surface area (Å²) in [6.07, 6.45) is 2.07. The van der Waals surface area contributed by atoms with Gasteiger partial charge in [-0.25, -0.2) is 4.68 Å². The van der Waals surface area contributed by atoms with Crippen LogP contribution in [-0.2, 0) is 6.54 Å². The van der Waals surface area contributed by atoms with Gasteiger partial charge in [-0.1, -0.05) is 48.5 Å². The summed E-state index contributed by atoms with van der Waals surface area (Å²) < 4.78 is 1.32. The number of carbonyl (C=O) groups is 2. The van der Waals surface area contributed by atoms with Crippen LogP contribution in [0.25, 0.3) is 10.8 Å². The molecule has 7 heteroatoms. The van der Waals surface area contributed by atoms with Gasteiger partial charge < -0.3 is 10.2 Å². The summed E-state index contributed by atoms with van der Waals surface area (Å²) in [4.78, 5) is 40.6. The maximum atomic E-state index is 13.2. The lowest BCUT2D eigenvalue weighted by molar-refractivity contribution is 0.0792. The number of hydrogen-bond acceptors (Lipinski definition) is 4. The smallest absolute Gasteiger partial charge is 0.276 e. The van der Waals surface area contributed by atoms with Gasteiger partial charge in [-0.15, -0.1) is 0 Å². The first kappa shape index (κ1) is 21.6. The molecule has 1 aliphatic heterocycles. The third-order valence-electron chi connectivity index (χ3n) is 6.04. The third-order valence-corrected chi connectivity index (χ3v) is 6.04. The quantitative estimate of drug-likeness (QED) is 0.497. The van der Waals surface area contributed by atoms with Gasteiger partial charge >= 0.3 is 0 Å². The van der Waals surface area contributed by atoms with Gasteiger partial charge in [0.2, 0.25) is 0 Å². The van der Waals surface area contributed by atoms with Gasteiger partial charge in [0.15, 0.2) is 5.69 Å². The number of nitrogens with one attached hydrogen (secondary N) is 1. The number of hydrogen-bond donors (Lipinski definition) is 1. The topological polar surface area (TPSA) is 84.3 Å². The first-order valence-corrected chi connectivity index (χ1v) is 11.3. The van der Waals surface area contributed by atoms with Crippen molar-refractivity contribution >= 4 is 28.3 Å². The van der Waals surface area contributed by atoms with E-state index in [0.29, 0.717) is 22.0 Å². The van der Waals surface area contributed by atoms with Crippen LogP contribution in [0.4, 0.5) is 5.69 Å². The van der Waals surface area contributed by atoms with Crippen molar-refractivity contribution in [1.29, 1.82) is 0 Å². The Morgan fingerprint density at radius 3 is 2.18 bits per heavy atom. The van der Waals surface area contributed by atoms with Crippen molar-refractivity contribution in [3.63, 3.8) is 0 Å². The molecule has 5 rings (SSSR count). The summed E-state index contributed by atoms with van der Waals surface area (Å²) in [5, 5.41) is 8.21. The summed E-state index contributed by atoms with van der Waals surface area (Å²) >= 11 is 0. The minimum Gasteiger partial charge on any atom is -0.339 e. The van der Waals surface area contributed by atoms with Gasteiger partial charge in [0.1, 0.15) is 0 Å². The van der Waals surface area contributed by atoms with E-state index in [1.54, 1.807) is 48.5 Å². The minimum atomic E-state index is -0.420. The van der Waals surface area contributed by atoms with Crippen molar-refractivity contribution < 1.29 is 9.59 Å². The molecule has 0 aliphatic carbocycles. The lowest BCUT2D eigenvalue weighted by atomic mass is 10.1. The van der Waals surface area contributed by atoms with Crippen LogP contribution in [0.2, 0.25) is 0 Å². The lowest BCUT2D eigenvalue weighted by Gasteiger charge is -2.15. The number of nitrogens with zero attached hydrogens (tertiary/aromatic N) is 3. The Hall–Kier alpha value is -4.26. The Bertz CT molecular complexity index is 1410. The SMILES string of the molecule is O=C(Nc1ccc(C(=O)N2CCCC2)cc1)c1nn(Cc2ccccc2)c(=O)c2ccccc12. The van der Waals surface area contributed by atoms with Crippen LogP contribution in [0, 0.1) is 0 Å². The fourth-order valence-corrected chi connectivity index (χ4v) is 4.26. The molecule has 0 radical (unpaired) electrons. The minimum absolute atomic E-state index is 0.0102. The molecule has 34 heavy (non-hydrogen) atoms. The molecule has 2 heterocycles. The molecule has 0 saturated carbocycles. The molecule has 0 atom stereocenters. The van der Waals surface area contributed by atoms with Crippen LogP contribution in [0.15, 0.2) is 83.7 Å². The second-order valence-corrected chi connectivity index (χ2v) is 8.37. The number of aromatic nitrogens is 2. The van der Waals surface area contributed by atoms with Gasteiger partial charge in [0.05, 0.1) is 11.9 Å². The summed E-state index contributed by atoms with van der Waals surface area (Å²) in [7, 11) is 0. The molecule has 1 saturated heterocycles. The van der Waals surface area contributed by atoms with E-state index in [-0.39, 0.29) is 23.7 Å². The van der Waals surface area contributed by atoms with Crippen molar-refractivity contribution in [3.8, 4) is 0 Å². The Morgan fingerprint density at radius 1 is 0.824 bits per heavy atom. The molecule has 4 aromatic rings. The normalized spacial score (nSPS) is 13.2. The first-order valence-electron chi connectivity index (χ1n) is 11.3. The highest BCUT2D eigenvalue weighted by Crippen LogP contribution is 2.18. The van der Waals surface area contributed by atoms with Crippen LogP contribution in [0.5, 0.6) is 0 Å². The highest BCUT2D eigenvalue weighted by molar-refractivity contribution is 6.11. The maximum absolute atomic E-state index is 13.2. The lowest BCUT2D eigenvalue weighted by Crippen LogP contribution is -2.28. The average molecular weight is 453 g/mol. The summed E-state index contributed by atoms with van der Waals surface area (Å²) in [5.74, 6) is -0.410. The van der Waals surface area contributed by atoms with E-state index in [0.717, 1.165) is 31.5 Å². The fourth-order valence-electron chi connectivity index (χ4n) is 4.26. The second-order valence-electron chi connectivity index (χ2n) is 8.37. The van der Waals surface area contributed by atoms with Crippen LogP contribution in [0.3, 0.4) is 0 Å². The van der Waals surface area contributed by atoms with Gasteiger partial charge in [-0.2, -0.15) is 5.10 Å². The maximum Gasteiger partial charge on any atom is 0.276 e. The molecular weight excluding hydrogens is 428 g/mol. The van der Waals surface area contributed by atoms with Crippen LogP contribution in [-0.4, -0.2) is 39.6 Å².